The van der Waals surface area contributed by atoms with Crippen LogP contribution >= 0.6 is 15.9 Å². The molecular weight excluding hydrogens is 244 g/mol. The average molecular weight is 259 g/mol. The highest BCUT2D eigenvalue weighted by atomic mass is 79.9. The summed E-state index contributed by atoms with van der Waals surface area (Å²) < 4.78 is 6.53. The van der Waals surface area contributed by atoms with E-state index in [0.29, 0.717) is 6.61 Å². The topological polar surface area (TPSA) is 29.5 Å². The Kier molecular flexibility index (Phi) is 4.98. The van der Waals surface area contributed by atoms with Gasteiger partial charge in [0.2, 0.25) is 0 Å². The molecule has 0 saturated heterocycles. The van der Waals surface area contributed by atoms with Crippen LogP contribution in [0, 0.1) is 5.92 Å². The maximum Gasteiger partial charge on any atom is 0.133 e. The number of halogens is 1. The van der Waals surface area contributed by atoms with Crippen molar-refractivity contribution in [3.8, 4) is 5.75 Å². The van der Waals surface area contributed by atoms with Crippen LogP contribution in [-0.2, 0) is 0 Å². The van der Waals surface area contributed by atoms with Gasteiger partial charge >= 0.3 is 0 Å². The number of rotatable bonds is 5. The molecule has 1 atom stereocenters. The summed E-state index contributed by atoms with van der Waals surface area (Å²) in [7, 11) is 0. The second-order valence-corrected chi connectivity index (χ2v) is 4.05. The van der Waals surface area contributed by atoms with E-state index < -0.39 is 0 Å². The normalized spacial score (nSPS) is 12.5. The Morgan fingerprint density at radius 3 is 2.71 bits per heavy atom. The molecule has 0 aliphatic carbocycles. The molecule has 3 heteroatoms. The highest BCUT2D eigenvalue weighted by molar-refractivity contribution is 9.10. The van der Waals surface area contributed by atoms with Gasteiger partial charge in [0.25, 0.3) is 0 Å². The minimum absolute atomic E-state index is 0.182. The summed E-state index contributed by atoms with van der Waals surface area (Å²) in [5, 5.41) is 8.98. The lowest BCUT2D eigenvalue weighted by molar-refractivity contribution is 0.159. The van der Waals surface area contributed by atoms with Crippen LogP contribution in [0.5, 0.6) is 5.75 Å². The molecule has 0 bridgehead atoms. The first-order valence-corrected chi connectivity index (χ1v) is 5.55. The monoisotopic (exact) mass is 258 g/mol. The summed E-state index contributed by atoms with van der Waals surface area (Å²) in [5.74, 6) is 1.06. The van der Waals surface area contributed by atoms with E-state index >= 15 is 0 Å². The number of hydrogen-bond donors (Lipinski definition) is 1. The van der Waals surface area contributed by atoms with Gasteiger partial charge in [-0.3, -0.25) is 0 Å². The fourth-order valence-corrected chi connectivity index (χ4v) is 1.47. The smallest absolute Gasteiger partial charge is 0.133 e. The number of aliphatic hydroxyl groups is 1. The average Bonchev–Trinajstić information content (AvgIpc) is 2.22. The largest absolute Gasteiger partial charge is 0.492 e. The van der Waals surface area contributed by atoms with Crippen LogP contribution in [0.2, 0.25) is 0 Å². The second-order valence-electron chi connectivity index (χ2n) is 3.20. The van der Waals surface area contributed by atoms with Crippen molar-refractivity contribution in [3.63, 3.8) is 0 Å². The van der Waals surface area contributed by atoms with Gasteiger partial charge in [-0.1, -0.05) is 19.1 Å². The van der Waals surface area contributed by atoms with Crippen molar-refractivity contribution in [2.24, 2.45) is 5.92 Å². The first-order valence-electron chi connectivity index (χ1n) is 4.76. The molecule has 14 heavy (non-hydrogen) atoms. The van der Waals surface area contributed by atoms with Gasteiger partial charge in [0.1, 0.15) is 5.75 Å². The van der Waals surface area contributed by atoms with Crippen molar-refractivity contribution < 1.29 is 9.84 Å². The third-order valence-corrected chi connectivity index (χ3v) is 2.80. The molecule has 1 unspecified atom stereocenters. The van der Waals surface area contributed by atoms with Gasteiger partial charge < -0.3 is 9.84 Å². The van der Waals surface area contributed by atoms with Crippen LogP contribution in [-0.4, -0.2) is 18.3 Å². The Balaban J connectivity index is 2.49. The van der Waals surface area contributed by atoms with Gasteiger partial charge in [0.05, 0.1) is 11.1 Å². The van der Waals surface area contributed by atoms with E-state index in [4.69, 9.17) is 9.84 Å². The molecule has 1 aromatic rings. The molecule has 0 fully saturated rings. The predicted molar refractivity (Wildman–Crippen MR) is 60.5 cm³/mol. The maximum absolute atomic E-state index is 8.98. The van der Waals surface area contributed by atoms with E-state index in [0.717, 1.165) is 16.6 Å². The minimum Gasteiger partial charge on any atom is -0.492 e. The van der Waals surface area contributed by atoms with Crippen molar-refractivity contribution in [3.05, 3.63) is 28.7 Å². The molecule has 1 rings (SSSR count). The zero-order valence-electron chi connectivity index (χ0n) is 8.24. The lowest BCUT2D eigenvalue weighted by Crippen LogP contribution is -2.15. The number of benzene rings is 1. The van der Waals surface area contributed by atoms with Crippen molar-refractivity contribution in [1.29, 1.82) is 0 Å². The molecular formula is C11H15BrO2. The van der Waals surface area contributed by atoms with Gasteiger partial charge in [-0.05, 0) is 34.5 Å². The third-order valence-electron chi connectivity index (χ3n) is 2.15. The molecule has 0 saturated carbocycles. The summed E-state index contributed by atoms with van der Waals surface area (Å²) in [5.41, 5.74) is 0. The maximum atomic E-state index is 8.98. The molecule has 1 N–H and O–H groups in total. The van der Waals surface area contributed by atoms with Crippen LogP contribution < -0.4 is 4.74 Å². The Morgan fingerprint density at radius 1 is 1.43 bits per heavy atom. The van der Waals surface area contributed by atoms with Gasteiger partial charge in [-0.15, -0.1) is 0 Å². The highest BCUT2D eigenvalue weighted by Gasteiger charge is 2.06. The predicted octanol–water partition coefficient (Wildman–Crippen LogP) is 2.85. The molecule has 78 valence electrons. The quantitative estimate of drug-likeness (QED) is 0.881. The standard InChI is InChI=1S/C11H15BrO2/c1-2-9(7-13)8-14-11-6-4-3-5-10(11)12/h3-6,9,13H,2,7-8H2,1H3. The molecule has 0 spiro atoms. The number of ether oxygens (including phenoxy) is 1. The van der Waals surface area contributed by atoms with E-state index in [1.165, 1.54) is 0 Å². The second kappa shape index (κ2) is 6.04. The molecule has 2 nitrogen and oxygen atoms in total. The third kappa shape index (κ3) is 3.31. The molecule has 0 aliphatic rings. The van der Waals surface area contributed by atoms with E-state index in [9.17, 15) is 0 Å². The van der Waals surface area contributed by atoms with Crippen molar-refractivity contribution in [1.82, 2.24) is 0 Å². The summed E-state index contributed by atoms with van der Waals surface area (Å²) in [4.78, 5) is 0. The SMILES string of the molecule is CCC(CO)COc1ccccc1Br. The summed E-state index contributed by atoms with van der Waals surface area (Å²) in [6.45, 7) is 2.79. The Labute approximate surface area is 93.0 Å². The Hall–Kier alpha value is -0.540. The van der Waals surface area contributed by atoms with Gasteiger partial charge in [-0.2, -0.15) is 0 Å². The van der Waals surface area contributed by atoms with Gasteiger partial charge in [-0.25, -0.2) is 0 Å². The molecule has 0 aromatic heterocycles. The summed E-state index contributed by atoms with van der Waals surface area (Å²) in [6, 6.07) is 7.73. The van der Waals surface area contributed by atoms with Crippen molar-refractivity contribution in [2.45, 2.75) is 13.3 Å². The van der Waals surface area contributed by atoms with Gasteiger partial charge in [0, 0.05) is 12.5 Å². The van der Waals surface area contributed by atoms with E-state index in [2.05, 4.69) is 15.9 Å². The highest BCUT2D eigenvalue weighted by Crippen LogP contribution is 2.24. The first-order chi connectivity index (χ1) is 6.77. The lowest BCUT2D eigenvalue weighted by atomic mass is 10.1. The van der Waals surface area contributed by atoms with Crippen molar-refractivity contribution >= 4 is 15.9 Å². The zero-order valence-corrected chi connectivity index (χ0v) is 9.83. The van der Waals surface area contributed by atoms with Gasteiger partial charge in [0.15, 0.2) is 0 Å². The van der Waals surface area contributed by atoms with Crippen LogP contribution in [0.25, 0.3) is 0 Å². The van der Waals surface area contributed by atoms with E-state index in [1.54, 1.807) is 0 Å². The fraction of sp³-hybridized carbons (Fsp3) is 0.455. The number of hydrogen-bond acceptors (Lipinski definition) is 2. The van der Waals surface area contributed by atoms with Crippen molar-refractivity contribution in [2.75, 3.05) is 13.2 Å². The summed E-state index contributed by atoms with van der Waals surface area (Å²) >= 11 is 3.40. The van der Waals surface area contributed by atoms with E-state index in [1.807, 2.05) is 31.2 Å². The Bertz CT molecular complexity index is 272. The van der Waals surface area contributed by atoms with Crippen LogP contribution in [0.1, 0.15) is 13.3 Å². The number of aliphatic hydroxyl groups excluding tert-OH is 1. The molecule has 0 heterocycles. The summed E-state index contributed by atoms with van der Waals surface area (Å²) in [6.07, 6.45) is 0.932. The van der Waals surface area contributed by atoms with Crippen LogP contribution in [0.15, 0.2) is 28.7 Å². The molecule has 0 aliphatic heterocycles. The molecule has 0 amide bonds. The Morgan fingerprint density at radius 2 is 2.14 bits per heavy atom. The first kappa shape index (κ1) is 11.5. The number of para-hydroxylation sites is 1. The fourth-order valence-electron chi connectivity index (χ4n) is 1.07. The molecule has 1 aromatic carbocycles. The molecule has 0 radical (unpaired) electrons. The lowest BCUT2D eigenvalue weighted by Gasteiger charge is -2.13. The minimum atomic E-state index is 0.182. The van der Waals surface area contributed by atoms with Crippen LogP contribution in [0.3, 0.4) is 0 Å². The van der Waals surface area contributed by atoms with Crippen LogP contribution in [0.4, 0.5) is 0 Å². The van der Waals surface area contributed by atoms with E-state index in [-0.39, 0.29) is 12.5 Å². The zero-order chi connectivity index (χ0) is 10.4.